The molecule has 0 N–H and O–H groups in total. The van der Waals surface area contributed by atoms with E-state index in [1.807, 2.05) is 38.8 Å². The summed E-state index contributed by atoms with van der Waals surface area (Å²) in [5.74, 6) is 0.902. The molecule has 0 aromatic carbocycles. The molecule has 148 valence electrons. The standard InChI is InChI=1S/C19H35N3O3Si/c1-15-13-20-17(22(15)14-24-11-12-26(5,6)7)16-9-8-10-21(16)18(23)25-19(2,3)4/h13,16H,8-12,14H2,1-7H3. The van der Waals surface area contributed by atoms with Gasteiger partial charge in [-0.2, -0.15) is 0 Å². The zero-order valence-electron chi connectivity index (χ0n) is 17.5. The average molecular weight is 382 g/mol. The highest BCUT2D eigenvalue weighted by molar-refractivity contribution is 6.76. The summed E-state index contributed by atoms with van der Waals surface area (Å²) in [5, 5.41) is 0. The van der Waals surface area contributed by atoms with Crippen LogP contribution in [0.25, 0.3) is 0 Å². The largest absolute Gasteiger partial charge is 0.444 e. The Hall–Kier alpha value is -1.34. The summed E-state index contributed by atoms with van der Waals surface area (Å²) in [6.07, 6.45) is 3.48. The van der Waals surface area contributed by atoms with Crippen molar-refractivity contribution in [3.05, 3.63) is 17.7 Å². The van der Waals surface area contributed by atoms with Crippen LogP contribution in [0.1, 0.15) is 51.2 Å². The van der Waals surface area contributed by atoms with Crippen LogP contribution in [0.3, 0.4) is 0 Å². The predicted molar refractivity (Wildman–Crippen MR) is 106 cm³/mol. The molecule has 1 aromatic rings. The lowest BCUT2D eigenvalue weighted by molar-refractivity contribution is 0.0203. The van der Waals surface area contributed by atoms with E-state index in [-0.39, 0.29) is 12.1 Å². The minimum atomic E-state index is -1.10. The number of carbonyl (C=O) groups is 1. The second-order valence-electron chi connectivity index (χ2n) is 9.37. The van der Waals surface area contributed by atoms with Crippen molar-refractivity contribution < 1.29 is 14.3 Å². The minimum absolute atomic E-state index is 0.0425. The number of rotatable bonds is 6. The molecule has 1 aliphatic heterocycles. The molecule has 1 saturated heterocycles. The summed E-state index contributed by atoms with van der Waals surface area (Å²) in [6.45, 7) is 16.7. The Bertz CT molecular complexity index is 617. The van der Waals surface area contributed by atoms with Gasteiger partial charge in [-0.3, -0.25) is 4.90 Å². The molecule has 1 fully saturated rings. The molecule has 1 aromatic heterocycles. The first-order valence-corrected chi connectivity index (χ1v) is 13.3. The molecular formula is C19H35N3O3Si. The second-order valence-corrected chi connectivity index (χ2v) is 15.0. The maximum absolute atomic E-state index is 12.6. The molecule has 1 unspecified atom stereocenters. The molecular weight excluding hydrogens is 346 g/mol. The lowest BCUT2D eigenvalue weighted by atomic mass is 10.2. The van der Waals surface area contributed by atoms with E-state index in [1.54, 1.807) is 0 Å². The van der Waals surface area contributed by atoms with E-state index in [2.05, 4.69) is 29.2 Å². The van der Waals surface area contributed by atoms with Crippen LogP contribution in [0, 0.1) is 6.92 Å². The fourth-order valence-electron chi connectivity index (χ4n) is 3.02. The van der Waals surface area contributed by atoms with Crippen molar-refractivity contribution in [1.29, 1.82) is 0 Å². The van der Waals surface area contributed by atoms with E-state index in [9.17, 15) is 4.79 Å². The lowest BCUT2D eigenvalue weighted by Gasteiger charge is -2.28. The maximum atomic E-state index is 12.6. The van der Waals surface area contributed by atoms with E-state index in [0.29, 0.717) is 13.3 Å². The third-order valence-corrected chi connectivity index (χ3v) is 6.19. The second kappa shape index (κ2) is 8.13. The van der Waals surface area contributed by atoms with Gasteiger partial charge in [0.2, 0.25) is 0 Å². The fourth-order valence-corrected chi connectivity index (χ4v) is 3.78. The highest BCUT2D eigenvalue weighted by atomic mass is 28.3. The van der Waals surface area contributed by atoms with Gasteiger partial charge in [0.15, 0.2) is 0 Å². The molecule has 6 nitrogen and oxygen atoms in total. The summed E-state index contributed by atoms with van der Waals surface area (Å²) in [5.41, 5.74) is 0.569. The summed E-state index contributed by atoms with van der Waals surface area (Å²) in [7, 11) is -1.10. The van der Waals surface area contributed by atoms with Gasteiger partial charge in [0.25, 0.3) is 0 Å². The first-order valence-electron chi connectivity index (χ1n) is 9.57. The van der Waals surface area contributed by atoms with Crippen LogP contribution in [0.2, 0.25) is 25.7 Å². The van der Waals surface area contributed by atoms with Crippen LogP contribution in [0.5, 0.6) is 0 Å². The predicted octanol–water partition coefficient (Wildman–Crippen LogP) is 4.58. The topological polar surface area (TPSA) is 56.6 Å². The molecule has 0 saturated carbocycles. The first-order chi connectivity index (χ1) is 12.0. The quantitative estimate of drug-likeness (QED) is 0.535. The van der Waals surface area contributed by atoms with Crippen LogP contribution >= 0.6 is 0 Å². The summed E-state index contributed by atoms with van der Waals surface area (Å²) < 4.78 is 13.6. The number of ether oxygens (including phenoxy) is 2. The van der Waals surface area contributed by atoms with Crippen LogP contribution in [0.15, 0.2) is 6.20 Å². The molecule has 1 amide bonds. The maximum Gasteiger partial charge on any atom is 0.410 e. The number of aryl methyl sites for hydroxylation is 1. The highest BCUT2D eigenvalue weighted by Gasteiger charge is 2.35. The Labute approximate surface area is 158 Å². The average Bonchev–Trinajstić information content (AvgIpc) is 3.07. The fraction of sp³-hybridized carbons (Fsp3) is 0.789. The van der Waals surface area contributed by atoms with E-state index in [1.165, 1.54) is 0 Å². The number of nitrogens with zero attached hydrogens (tertiary/aromatic N) is 3. The van der Waals surface area contributed by atoms with Crippen LogP contribution < -0.4 is 0 Å². The van der Waals surface area contributed by atoms with Crippen molar-refractivity contribution >= 4 is 14.2 Å². The van der Waals surface area contributed by atoms with Gasteiger partial charge in [-0.15, -0.1) is 0 Å². The monoisotopic (exact) mass is 381 g/mol. The molecule has 0 aliphatic carbocycles. The van der Waals surface area contributed by atoms with Crippen LogP contribution in [-0.4, -0.2) is 47.4 Å². The first kappa shape index (κ1) is 21.0. The number of carbonyl (C=O) groups excluding carboxylic acids is 1. The number of aromatic nitrogens is 2. The van der Waals surface area contributed by atoms with Crippen molar-refractivity contribution in [2.45, 2.75) is 84.6 Å². The van der Waals surface area contributed by atoms with Crippen molar-refractivity contribution in [3.63, 3.8) is 0 Å². The zero-order chi connectivity index (χ0) is 19.5. The van der Waals surface area contributed by atoms with Gasteiger partial charge in [-0.25, -0.2) is 9.78 Å². The number of hydrogen-bond donors (Lipinski definition) is 0. The molecule has 7 heteroatoms. The van der Waals surface area contributed by atoms with Crippen molar-refractivity contribution in [3.8, 4) is 0 Å². The SMILES string of the molecule is Cc1cnc(C2CCCN2C(=O)OC(C)(C)C)n1COCC[Si](C)(C)C. The Balaban J connectivity index is 2.07. The number of amides is 1. The molecule has 26 heavy (non-hydrogen) atoms. The molecule has 0 radical (unpaired) electrons. The summed E-state index contributed by atoms with van der Waals surface area (Å²) >= 11 is 0. The molecule has 0 spiro atoms. The van der Waals surface area contributed by atoms with E-state index in [4.69, 9.17) is 9.47 Å². The molecule has 1 atom stereocenters. The molecule has 2 rings (SSSR count). The van der Waals surface area contributed by atoms with Gasteiger partial charge < -0.3 is 14.0 Å². The Morgan fingerprint density at radius 2 is 2.04 bits per heavy atom. The summed E-state index contributed by atoms with van der Waals surface area (Å²) in [6, 6.07) is 1.10. The van der Waals surface area contributed by atoms with Crippen LogP contribution in [-0.2, 0) is 16.2 Å². The number of hydrogen-bond acceptors (Lipinski definition) is 4. The van der Waals surface area contributed by atoms with Gasteiger partial charge in [0, 0.05) is 33.1 Å². The van der Waals surface area contributed by atoms with Gasteiger partial charge >= 0.3 is 6.09 Å². The van der Waals surface area contributed by atoms with E-state index >= 15 is 0 Å². The normalized spacial score (nSPS) is 18.4. The van der Waals surface area contributed by atoms with Gasteiger partial charge in [0.1, 0.15) is 18.2 Å². The number of imidazole rings is 1. The minimum Gasteiger partial charge on any atom is -0.444 e. The Morgan fingerprint density at radius 3 is 2.65 bits per heavy atom. The van der Waals surface area contributed by atoms with Gasteiger partial charge in [-0.1, -0.05) is 19.6 Å². The van der Waals surface area contributed by atoms with Gasteiger partial charge in [0.05, 0.1) is 6.04 Å². The molecule has 0 bridgehead atoms. The van der Waals surface area contributed by atoms with Crippen molar-refractivity contribution in [2.24, 2.45) is 0 Å². The van der Waals surface area contributed by atoms with Crippen LogP contribution in [0.4, 0.5) is 4.79 Å². The van der Waals surface area contributed by atoms with E-state index in [0.717, 1.165) is 37.0 Å². The highest BCUT2D eigenvalue weighted by Crippen LogP contribution is 2.33. The zero-order valence-corrected chi connectivity index (χ0v) is 18.5. The van der Waals surface area contributed by atoms with Crippen molar-refractivity contribution in [1.82, 2.24) is 14.5 Å². The number of likely N-dealkylation sites (tertiary alicyclic amines) is 1. The molecule has 2 heterocycles. The summed E-state index contributed by atoms with van der Waals surface area (Å²) in [4.78, 5) is 19.0. The van der Waals surface area contributed by atoms with Crippen molar-refractivity contribution in [2.75, 3.05) is 13.2 Å². The third kappa shape index (κ3) is 5.84. The van der Waals surface area contributed by atoms with E-state index < -0.39 is 13.7 Å². The molecule has 1 aliphatic rings. The van der Waals surface area contributed by atoms with Gasteiger partial charge in [-0.05, 0) is 46.6 Å². The Morgan fingerprint density at radius 1 is 1.35 bits per heavy atom. The lowest BCUT2D eigenvalue weighted by Crippen LogP contribution is -2.37. The smallest absolute Gasteiger partial charge is 0.410 e. The Kier molecular flexibility index (Phi) is 6.55. The third-order valence-electron chi connectivity index (χ3n) is 4.48.